The SMILES string of the molecule is COC(=O)c1ccccc1NC(=O)[C@@H](C)Oc1ccc(Cl)c(C)c1. The van der Waals surface area contributed by atoms with Gasteiger partial charge in [-0.2, -0.15) is 0 Å². The second-order valence-corrected chi connectivity index (χ2v) is 5.60. The van der Waals surface area contributed by atoms with Gasteiger partial charge in [0.15, 0.2) is 6.10 Å². The van der Waals surface area contributed by atoms with Crippen molar-refractivity contribution in [1.29, 1.82) is 0 Å². The number of carbonyl (C=O) groups is 2. The van der Waals surface area contributed by atoms with Gasteiger partial charge in [-0.1, -0.05) is 23.7 Å². The fourth-order valence-corrected chi connectivity index (χ4v) is 2.18. The van der Waals surface area contributed by atoms with Crippen LogP contribution in [0.5, 0.6) is 5.75 Å². The number of rotatable bonds is 5. The molecule has 126 valence electrons. The predicted octanol–water partition coefficient (Wildman–Crippen LogP) is 3.84. The summed E-state index contributed by atoms with van der Waals surface area (Å²) in [7, 11) is 1.29. The molecule has 0 aliphatic rings. The van der Waals surface area contributed by atoms with Crippen LogP contribution in [0.15, 0.2) is 42.5 Å². The van der Waals surface area contributed by atoms with E-state index in [2.05, 4.69) is 5.32 Å². The van der Waals surface area contributed by atoms with Crippen molar-refractivity contribution in [2.24, 2.45) is 0 Å². The van der Waals surface area contributed by atoms with Gasteiger partial charge in [0.1, 0.15) is 5.75 Å². The Hall–Kier alpha value is -2.53. The maximum Gasteiger partial charge on any atom is 0.339 e. The van der Waals surface area contributed by atoms with E-state index in [1.165, 1.54) is 7.11 Å². The number of halogens is 1. The zero-order valence-corrected chi connectivity index (χ0v) is 14.4. The van der Waals surface area contributed by atoms with Crippen LogP contribution in [-0.2, 0) is 9.53 Å². The van der Waals surface area contributed by atoms with Gasteiger partial charge in [0, 0.05) is 5.02 Å². The Kier molecular flexibility index (Phi) is 5.82. The third-order valence-electron chi connectivity index (χ3n) is 3.40. The first kappa shape index (κ1) is 17.8. The highest BCUT2D eigenvalue weighted by atomic mass is 35.5. The Labute approximate surface area is 145 Å². The van der Waals surface area contributed by atoms with Crippen molar-refractivity contribution in [3.63, 3.8) is 0 Å². The van der Waals surface area contributed by atoms with E-state index in [4.69, 9.17) is 21.1 Å². The first-order valence-electron chi connectivity index (χ1n) is 7.33. The second kappa shape index (κ2) is 7.84. The number of amides is 1. The largest absolute Gasteiger partial charge is 0.481 e. The summed E-state index contributed by atoms with van der Waals surface area (Å²) in [6.45, 7) is 3.48. The van der Waals surface area contributed by atoms with Gasteiger partial charge in [0.25, 0.3) is 5.91 Å². The van der Waals surface area contributed by atoms with Gasteiger partial charge in [-0.3, -0.25) is 4.79 Å². The minimum absolute atomic E-state index is 0.280. The number of anilines is 1. The molecule has 0 aliphatic heterocycles. The first-order chi connectivity index (χ1) is 11.4. The number of aryl methyl sites for hydroxylation is 1. The van der Waals surface area contributed by atoms with Crippen molar-refractivity contribution in [2.45, 2.75) is 20.0 Å². The molecule has 2 aromatic carbocycles. The molecule has 0 unspecified atom stereocenters. The summed E-state index contributed by atoms with van der Waals surface area (Å²) in [5, 5.41) is 3.31. The van der Waals surface area contributed by atoms with Crippen LogP contribution in [-0.4, -0.2) is 25.1 Å². The average molecular weight is 348 g/mol. The van der Waals surface area contributed by atoms with Crippen LogP contribution in [0.2, 0.25) is 5.02 Å². The predicted molar refractivity (Wildman–Crippen MR) is 92.7 cm³/mol. The molecule has 0 saturated heterocycles. The summed E-state index contributed by atoms with van der Waals surface area (Å²) in [4.78, 5) is 24.0. The monoisotopic (exact) mass is 347 g/mol. The van der Waals surface area contributed by atoms with Crippen LogP contribution in [0.3, 0.4) is 0 Å². The Morgan fingerprint density at radius 2 is 1.88 bits per heavy atom. The molecular formula is C18H18ClNO4. The number of benzene rings is 2. The van der Waals surface area contributed by atoms with E-state index in [0.717, 1.165) is 5.56 Å². The van der Waals surface area contributed by atoms with Crippen molar-refractivity contribution in [3.05, 3.63) is 58.6 Å². The van der Waals surface area contributed by atoms with Crippen molar-refractivity contribution in [3.8, 4) is 5.75 Å². The molecule has 2 aromatic rings. The maximum absolute atomic E-state index is 12.3. The molecule has 24 heavy (non-hydrogen) atoms. The fraction of sp³-hybridized carbons (Fsp3) is 0.222. The van der Waals surface area contributed by atoms with Gasteiger partial charge in [0.05, 0.1) is 18.4 Å². The zero-order valence-electron chi connectivity index (χ0n) is 13.6. The smallest absolute Gasteiger partial charge is 0.339 e. The molecule has 0 radical (unpaired) electrons. The number of ether oxygens (including phenoxy) is 2. The molecular weight excluding hydrogens is 330 g/mol. The van der Waals surface area contributed by atoms with E-state index in [9.17, 15) is 9.59 Å². The molecule has 0 fully saturated rings. The number of hydrogen-bond donors (Lipinski definition) is 1. The third-order valence-corrected chi connectivity index (χ3v) is 3.83. The normalized spacial score (nSPS) is 11.5. The van der Waals surface area contributed by atoms with E-state index in [1.807, 2.05) is 6.92 Å². The van der Waals surface area contributed by atoms with Crippen molar-refractivity contribution < 1.29 is 19.1 Å². The Morgan fingerprint density at radius 3 is 2.54 bits per heavy atom. The molecule has 5 nitrogen and oxygen atoms in total. The summed E-state index contributed by atoms with van der Waals surface area (Å²) in [5.74, 6) is -0.354. The number of carbonyl (C=O) groups excluding carboxylic acids is 2. The molecule has 2 rings (SSSR count). The van der Waals surface area contributed by atoms with Crippen LogP contribution in [0.4, 0.5) is 5.69 Å². The van der Waals surface area contributed by atoms with Crippen molar-refractivity contribution >= 4 is 29.2 Å². The number of hydrogen-bond acceptors (Lipinski definition) is 4. The Bertz CT molecular complexity index is 760. The number of methoxy groups -OCH3 is 1. The molecule has 0 aliphatic carbocycles. The minimum atomic E-state index is -0.753. The van der Waals surface area contributed by atoms with E-state index >= 15 is 0 Å². The Balaban J connectivity index is 2.09. The summed E-state index contributed by atoms with van der Waals surface area (Å²) >= 11 is 5.97. The van der Waals surface area contributed by atoms with Gasteiger partial charge in [-0.15, -0.1) is 0 Å². The lowest BCUT2D eigenvalue weighted by Crippen LogP contribution is -2.30. The molecule has 0 spiro atoms. The quantitative estimate of drug-likeness (QED) is 0.834. The molecule has 0 aromatic heterocycles. The van der Waals surface area contributed by atoms with Crippen LogP contribution < -0.4 is 10.1 Å². The van der Waals surface area contributed by atoms with Gasteiger partial charge >= 0.3 is 5.97 Å². The summed E-state index contributed by atoms with van der Waals surface area (Å²) in [6, 6.07) is 11.8. The molecule has 1 N–H and O–H groups in total. The molecule has 1 atom stereocenters. The Morgan fingerprint density at radius 1 is 1.17 bits per heavy atom. The maximum atomic E-state index is 12.3. The van der Waals surface area contributed by atoms with Gasteiger partial charge in [-0.05, 0) is 49.7 Å². The lowest BCUT2D eigenvalue weighted by atomic mass is 10.1. The topological polar surface area (TPSA) is 64.6 Å². The number of esters is 1. The summed E-state index contributed by atoms with van der Waals surface area (Å²) in [6.07, 6.45) is -0.753. The lowest BCUT2D eigenvalue weighted by molar-refractivity contribution is -0.122. The van der Waals surface area contributed by atoms with Gasteiger partial charge in [-0.25, -0.2) is 4.79 Å². The second-order valence-electron chi connectivity index (χ2n) is 5.20. The first-order valence-corrected chi connectivity index (χ1v) is 7.71. The van der Waals surface area contributed by atoms with E-state index < -0.39 is 12.1 Å². The molecule has 1 amide bonds. The highest BCUT2D eigenvalue weighted by molar-refractivity contribution is 6.31. The highest BCUT2D eigenvalue weighted by Crippen LogP contribution is 2.22. The average Bonchev–Trinajstić information content (AvgIpc) is 2.58. The molecule has 0 bridgehead atoms. The fourth-order valence-electron chi connectivity index (χ4n) is 2.06. The highest BCUT2D eigenvalue weighted by Gasteiger charge is 2.18. The molecule has 0 saturated carbocycles. The number of para-hydroxylation sites is 1. The molecule has 6 heteroatoms. The van der Waals surface area contributed by atoms with Crippen molar-refractivity contribution in [1.82, 2.24) is 0 Å². The number of nitrogens with one attached hydrogen (secondary N) is 1. The van der Waals surface area contributed by atoms with Gasteiger partial charge in [0.2, 0.25) is 0 Å². The minimum Gasteiger partial charge on any atom is -0.481 e. The van der Waals surface area contributed by atoms with Gasteiger partial charge < -0.3 is 14.8 Å². The van der Waals surface area contributed by atoms with E-state index in [1.54, 1.807) is 49.4 Å². The standard InChI is InChI=1S/C18H18ClNO4/c1-11-10-13(8-9-15(11)19)24-12(2)17(21)20-16-7-5-4-6-14(16)18(22)23-3/h4-10,12H,1-3H3,(H,20,21)/t12-/m1/s1. The van der Waals surface area contributed by atoms with Crippen LogP contribution in [0.25, 0.3) is 0 Å². The van der Waals surface area contributed by atoms with Crippen molar-refractivity contribution in [2.75, 3.05) is 12.4 Å². The van der Waals surface area contributed by atoms with E-state index in [0.29, 0.717) is 16.5 Å². The lowest BCUT2D eigenvalue weighted by Gasteiger charge is -2.16. The van der Waals surface area contributed by atoms with Crippen LogP contribution in [0, 0.1) is 6.92 Å². The van der Waals surface area contributed by atoms with E-state index in [-0.39, 0.29) is 11.5 Å². The van der Waals surface area contributed by atoms with Crippen LogP contribution in [0.1, 0.15) is 22.8 Å². The third kappa shape index (κ3) is 4.26. The summed E-state index contributed by atoms with van der Waals surface area (Å²) < 4.78 is 10.3. The zero-order chi connectivity index (χ0) is 17.7. The van der Waals surface area contributed by atoms with Crippen LogP contribution >= 0.6 is 11.6 Å². The molecule has 0 heterocycles. The summed E-state index contributed by atoms with van der Waals surface area (Å²) in [5.41, 5.74) is 1.51.